The molecule has 0 bridgehead atoms. The van der Waals surface area contributed by atoms with Crippen molar-refractivity contribution < 1.29 is 19.9 Å². The Morgan fingerprint density at radius 2 is 1.93 bits per heavy atom. The van der Waals surface area contributed by atoms with Gasteiger partial charge in [-0.25, -0.2) is 5.48 Å². The number of aliphatic hydroxyl groups is 1. The molecule has 0 radical (unpaired) electrons. The Morgan fingerprint density at radius 3 is 2.50 bits per heavy atom. The molecule has 1 heterocycles. The summed E-state index contributed by atoms with van der Waals surface area (Å²) in [6.07, 6.45) is 6.97. The molecule has 2 amide bonds. The van der Waals surface area contributed by atoms with Crippen molar-refractivity contribution in [3.63, 3.8) is 0 Å². The minimum atomic E-state index is -1.56. The van der Waals surface area contributed by atoms with E-state index in [4.69, 9.17) is 5.21 Å². The van der Waals surface area contributed by atoms with Gasteiger partial charge >= 0.3 is 0 Å². The Labute approximate surface area is 163 Å². The van der Waals surface area contributed by atoms with E-state index in [0.717, 1.165) is 5.56 Å². The molecule has 2 rings (SSSR count). The molecular weight excluding hydrogens is 358 g/mol. The maximum Gasteiger partial charge on any atom is 0.268 e. The summed E-state index contributed by atoms with van der Waals surface area (Å²) in [5.41, 5.74) is 1.81. The average molecular weight is 379 g/mol. The predicted octanol–water partition coefficient (Wildman–Crippen LogP) is 1.52. The number of rotatable bonds is 5. The quantitative estimate of drug-likeness (QED) is 0.358. The van der Waals surface area contributed by atoms with Crippen LogP contribution in [0.5, 0.6) is 0 Å². The van der Waals surface area contributed by atoms with E-state index in [1.54, 1.807) is 42.7 Å². The van der Waals surface area contributed by atoms with Crippen LogP contribution in [0.3, 0.4) is 0 Å². The molecule has 0 fully saturated rings. The molecular formula is C21H21N3O4. The fourth-order valence-electron chi connectivity index (χ4n) is 2.28. The number of hydrogen-bond acceptors (Lipinski definition) is 5. The highest BCUT2D eigenvalue weighted by atomic mass is 16.5. The van der Waals surface area contributed by atoms with Gasteiger partial charge < -0.3 is 10.4 Å². The number of pyridine rings is 1. The van der Waals surface area contributed by atoms with Crippen molar-refractivity contribution in [2.45, 2.75) is 25.5 Å². The number of nitrogens with one attached hydrogen (secondary N) is 2. The number of hydrogen-bond donors (Lipinski definition) is 4. The molecule has 0 aliphatic heterocycles. The molecule has 0 spiro atoms. The van der Waals surface area contributed by atoms with E-state index < -0.39 is 23.5 Å². The van der Waals surface area contributed by atoms with E-state index in [-0.39, 0.29) is 5.56 Å². The molecule has 28 heavy (non-hydrogen) atoms. The number of amides is 2. The molecule has 0 unspecified atom stereocenters. The van der Waals surface area contributed by atoms with Gasteiger partial charge in [-0.05, 0) is 61.9 Å². The van der Waals surface area contributed by atoms with Crippen molar-refractivity contribution in [3.05, 3.63) is 71.6 Å². The first-order valence-electron chi connectivity index (χ1n) is 8.46. The second-order valence-electron chi connectivity index (χ2n) is 6.50. The Hall–Kier alpha value is -3.47. The first kappa shape index (κ1) is 20.8. The van der Waals surface area contributed by atoms with Crippen molar-refractivity contribution in [2.75, 3.05) is 0 Å². The third-order valence-electron chi connectivity index (χ3n) is 3.76. The smallest absolute Gasteiger partial charge is 0.268 e. The molecule has 1 aromatic heterocycles. The molecule has 144 valence electrons. The highest BCUT2D eigenvalue weighted by Gasteiger charge is 2.34. The number of allylic oxidation sites excluding steroid dienone is 1. The zero-order chi connectivity index (χ0) is 20.6. The fraction of sp³-hybridized carbons (Fsp3) is 0.190. The van der Waals surface area contributed by atoms with Crippen LogP contribution >= 0.6 is 0 Å². The van der Waals surface area contributed by atoms with Gasteiger partial charge in [-0.1, -0.05) is 17.9 Å². The summed E-state index contributed by atoms with van der Waals surface area (Å²) < 4.78 is 0. The summed E-state index contributed by atoms with van der Waals surface area (Å²) in [6.45, 7) is 2.70. The number of aromatic nitrogens is 1. The first-order valence-corrected chi connectivity index (χ1v) is 8.46. The van der Waals surface area contributed by atoms with Crippen LogP contribution < -0.4 is 10.8 Å². The number of benzene rings is 1. The van der Waals surface area contributed by atoms with Crippen LogP contribution in [0.1, 0.15) is 35.3 Å². The summed E-state index contributed by atoms with van der Waals surface area (Å²) in [4.78, 5) is 28.0. The normalized spacial score (nSPS) is 12.0. The molecule has 0 saturated heterocycles. The standard InChI is InChI=1S/C21H21N3O4/c1-21(2,27)18(20(26)24-28)23-19(25)17-11-9-15(10-12-17)6-3-4-7-16-8-5-13-22-14-16/h4-5,7-14,18,27-28H,1-2H3,(H,23,25)(H,24,26)/t18-/m1/s1. The van der Waals surface area contributed by atoms with E-state index >= 15 is 0 Å². The summed E-state index contributed by atoms with van der Waals surface area (Å²) in [7, 11) is 0. The first-order chi connectivity index (χ1) is 13.3. The molecule has 4 N–H and O–H groups in total. The molecule has 0 aliphatic rings. The van der Waals surface area contributed by atoms with Gasteiger partial charge in [-0.2, -0.15) is 0 Å². The van der Waals surface area contributed by atoms with Crippen LogP contribution in [0.4, 0.5) is 0 Å². The number of carbonyl (C=O) groups excluding carboxylic acids is 2. The van der Waals surface area contributed by atoms with Crippen LogP contribution in [0.2, 0.25) is 0 Å². The highest BCUT2D eigenvalue weighted by Crippen LogP contribution is 2.11. The summed E-state index contributed by atoms with van der Waals surface area (Å²) in [5, 5.41) is 21.2. The largest absolute Gasteiger partial charge is 0.388 e. The van der Waals surface area contributed by atoms with E-state index in [2.05, 4.69) is 22.1 Å². The second kappa shape index (κ2) is 9.46. The maximum atomic E-state index is 12.3. The molecule has 7 nitrogen and oxygen atoms in total. The van der Waals surface area contributed by atoms with Gasteiger partial charge in [0.2, 0.25) is 0 Å². The zero-order valence-corrected chi connectivity index (χ0v) is 15.5. The molecule has 2 aromatic rings. The third kappa shape index (κ3) is 6.06. The maximum absolute atomic E-state index is 12.3. The topological polar surface area (TPSA) is 112 Å². The third-order valence-corrected chi connectivity index (χ3v) is 3.76. The van der Waals surface area contributed by atoms with E-state index in [1.807, 2.05) is 18.2 Å². The summed E-state index contributed by atoms with van der Waals surface area (Å²) in [5.74, 6) is 4.37. The van der Waals surface area contributed by atoms with E-state index in [9.17, 15) is 14.7 Å². The van der Waals surface area contributed by atoms with Crippen molar-refractivity contribution >= 4 is 17.9 Å². The van der Waals surface area contributed by atoms with Crippen LogP contribution in [-0.4, -0.2) is 38.8 Å². The van der Waals surface area contributed by atoms with Gasteiger partial charge in [0.05, 0.1) is 5.60 Å². The number of hydroxylamine groups is 1. The van der Waals surface area contributed by atoms with Gasteiger partial charge in [0.1, 0.15) is 6.04 Å². The molecule has 1 atom stereocenters. The molecule has 7 heteroatoms. The fourth-order valence-corrected chi connectivity index (χ4v) is 2.28. The van der Waals surface area contributed by atoms with Gasteiger partial charge in [0.25, 0.3) is 11.8 Å². The molecule has 1 aromatic carbocycles. The van der Waals surface area contributed by atoms with Crippen LogP contribution in [0.25, 0.3) is 6.08 Å². The van der Waals surface area contributed by atoms with E-state index in [0.29, 0.717) is 5.56 Å². The van der Waals surface area contributed by atoms with Crippen molar-refractivity contribution in [3.8, 4) is 11.8 Å². The molecule has 0 aliphatic carbocycles. The van der Waals surface area contributed by atoms with Crippen molar-refractivity contribution in [1.82, 2.24) is 15.8 Å². The van der Waals surface area contributed by atoms with Gasteiger partial charge in [0, 0.05) is 23.5 Å². The minimum Gasteiger partial charge on any atom is -0.388 e. The van der Waals surface area contributed by atoms with Gasteiger partial charge in [-0.15, -0.1) is 0 Å². The Kier molecular flexibility index (Phi) is 7.04. The number of nitrogens with zero attached hydrogens (tertiary/aromatic N) is 1. The van der Waals surface area contributed by atoms with Crippen molar-refractivity contribution in [1.29, 1.82) is 0 Å². The van der Waals surface area contributed by atoms with Crippen LogP contribution in [-0.2, 0) is 4.79 Å². The average Bonchev–Trinajstić information content (AvgIpc) is 2.69. The lowest BCUT2D eigenvalue weighted by atomic mass is 9.97. The van der Waals surface area contributed by atoms with Gasteiger partial charge in [-0.3, -0.25) is 19.8 Å². The van der Waals surface area contributed by atoms with Crippen LogP contribution in [0, 0.1) is 11.8 Å². The van der Waals surface area contributed by atoms with Crippen LogP contribution in [0.15, 0.2) is 54.9 Å². The molecule has 0 saturated carbocycles. The summed E-state index contributed by atoms with van der Waals surface area (Å²) in [6, 6.07) is 8.89. The number of carbonyl (C=O) groups is 2. The zero-order valence-electron chi connectivity index (χ0n) is 15.5. The lowest BCUT2D eigenvalue weighted by Gasteiger charge is -2.28. The monoisotopic (exact) mass is 379 g/mol. The Bertz CT molecular complexity index is 905. The Morgan fingerprint density at radius 1 is 1.21 bits per heavy atom. The lowest BCUT2D eigenvalue weighted by molar-refractivity contribution is -0.136. The van der Waals surface area contributed by atoms with E-state index in [1.165, 1.54) is 19.3 Å². The lowest BCUT2D eigenvalue weighted by Crippen LogP contribution is -2.57. The minimum absolute atomic E-state index is 0.288. The Balaban J connectivity index is 2.04. The summed E-state index contributed by atoms with van der Waals surface area (Å²) >= 11 is 0. The SMILES string of the molecule is CC(C)(O)[C@H](NC(=O)c1ccc(C#CC=Cc2cccnc2)cc1)C(=O)NO. The van der Waals surface area contributed by atoms with Crippen molar-refractivity contribution in [2.24, 2.45) is 0 Å². The van der Waals surface area contributed by atoms with Gasteiger partial charge in [0.15, 0.2) is 0 Å². The second-order valence-corrected chi connectivity index (χ2v) is 6.50. The highest BCUT2D eigenvalue weighted by molar-refractivity contribution is 5.97. The predicted molar refractivity (Wildman–Crippen MR) is 104 cm³/mol.